The zero-order valence-electron chi connectivity index (χ0n) is 35.5. The smallest absolute Gasteiger partial charge is 0.280 e. The molecule has 15 heteroatoms. The largest absolute Gasteiger partial charge is 0.296 e. The number of aryl methyl sites for hydroxylation is 3. The highest BCUT2D eigenvalue weighted by atomic mass is 16.1. The number of nitrogens with one attached hydrogen (secondary N) is 1. The first-order valence-electron chi connectivity index (χ1n) is 20.6. The minimum Gasteiger partial charge on any atom is -0.296 e. The van der Waals surface area contributed by atoms with Crippen LogP contribution in [0.5, 0.6) is 0 Å². The van der Waals surface area contributed by atoms with Gasteiger partial charge in [-0.15, -0.1) is 0 Å². The Balaban J connectivity index is 0.000000363. The summed E-state index contributed by atoms with van der Waals surface area (Å²) in [4.78, 5) is 56.4. The van der Waals surface area contributed by atoms with Crippen molar-refractivity contribution in [1.82, 2.24) is 58.4 Å². The fourth-order valence-electron chi connectivity index (χ4n) is 5.86. The second-order valence-electron chi connectivity index (χ2n) is 10.8. The fraction of sp³-hybridized carbons (Fsp3) is 0.600. The minimum absolute atomic E-state index is 0.0305. The highest BCUT2D eigenvalue weighted by Crippen LogP contribution is 2.14. The summed E-state index contributed by atoms with van der Waals surface area (Å²) in [6.45, 7) is 26.4. The predicted molar refractivity (Wildman–Crippen MR) is 224 cm³/mol. The van der Waals surface area contributed by atoms with Crippen LogP contribution >= 0.6 is 0 Å². The van der Waals surface area contributed by atoms with E-state index >= 15 is 0 Å². The van der Waals surface area contributed by atoms with Gasteiger partial charge in [-0.1, -0.05) is 83.1 Å². The van der Waals surface area contributed by atoms with E-state index in [0.717, 1.165) is 94.9 Å². The quantitative estimate of drug-likeness (QED) is 0.164. The molecule has 0 radical (unpaired) electrons. The molecular weight excluding hydrogens is 697 g/mol. The Kier molecular flexibility index (Phi) is 23.2. The Bertz CT molecular complexity index is 2040. The molecule has 0 saturated heterocycles. The van der Waals surface area contributed by atoms with Gasteiger partial charge in [0.1, 0.15) is 46.5 Å². The van der Waals surface area contributed by atoms with Gasteiger partial charge >= 0.3 is 0 Å². The van der Waals surface area contributed by atoms with E-state index in [1.54, 1.807) is 43.1 Å². The van der Waals surface area contributed by atoms with Crippen LogP contribution in [0.3, 0.4) is 0 Å². The first-order valence-corrected chi connectivity index (χ1v) is 20.6. The molecular formula is C40H66N12O3. The third kappa shape index (κ3) is 12.0. The molecule has 3 aliphatic heterocycles. The third-order valence-corrected chi connectivity index (χ3v) is 8.06. The summed E-state index contributed by atoms with van der Waals surface area (Å²) < 4.78 is 6.83. The van der Waals surface area contributed by atoms with Gasteiger partial charge in [0.25, 0.3) is 16.7 Å². The summed E-state index contributed by atoms with van der Waals surface area (Å²) >= 11 is 0. The Labute approximate surface area is 325 Å². The maximum absolute atomic E-state index is 12.0. The van der Waals surface area contributed by atoms with Crippen LogP contribution < -0.4 is 16.7 Å². The van der Waals surface area contributed by atoms with Crippen LogP contribution in [0.2, 0.25) is 0 Å². The zero-order chi connectivity index (χ0) is 41.3. The van der Waals surface area contributed by atoms with Gasteiger partial charge in [-0.2, -0.15) is 10.2 Å². The number of fused-ring (bicyclic) bond motifs is 6. The monoisotopic (exact) mass is 763 g/mol. The molecule has 0 atom stereocenters. The molecule has 0 amide bonds. The molecule has 0 saturated carbocycles. The Morgan fingerprint density at radius 2 is 1.09 bits per heavy atom. The average molecular weight is 763 g/mol. The van der Waals surface area contributed by atoms with Crippen molar-refractivity contribution < 1.29 is 0 Å². The molecule has 0 unspecified atom stereocenters. The maximum Gasteiger partial charge on any atom is 0.280 e. The summed E-state index contributed by atoms with van der Waals surface area (Å²) in [5.41, 5.74) is 2.26. The topological polar surface area (TPSA) is 176 Å². The highest BCUT2D eigenvalue weighted by Gasteiger charge is 2.17. The lowest BCUT2D eigenvalue weighted by molar-refractivity contribution is 0.484. The van der Waals surface area contributed by atoms with Crippen molar-refractivity contribution in [2.75, 3.05) is 0 Å². The van der Waals surface area contributed by atoms with E-state index in [-0.39, 0.29) is 16.7 Å². The van der Waals surface area contributed by atoms with E-state index in [1.165, 1.54) is 6.33 Å². The molecule has 0 spiro atoms. The lowest BCUT2D eigenvalue weighted by atomic mass is 10.1. The van der Waals surface area contributed by atoms with Gasteiger partial charge in [-0.05, 0) is 38.5 Å². The van der Waals surface area contributed by atoms with Crippen molar-refractivity contribution >= 4 is 27.6 Å². The molecule has 0 aliphatic carbocycles. The molecule has 55 heavy (non-hydrogen) atoms. The molecule has 3 aliphatic rings. The number of rotatable bonds is 0. The van der Waals surface area contributed by atoms with Gasteiger partial charge in [-0.3, -0.25) is 33.2 Å². The number of imidazole rings is 1. The summed E-state index contributed by atoms with van der Waals surface area (Å²) in [7, 11) is 0. The van der Waals surface area contributed by atoms with Crippen LogP contribution in [0.1, 0.15) is 139 Å². The number of hydrogen-bond donors (Lipinski definition) is 1. The second-order valence-corrected chi connectivity index (χ2v) is 10.8. The molecule has 6 aromatic rings. The number of aromatic nitrogens is 12. The first-order chi connectivity index (χ1) is 27.1. The van der Waals surface area contributed by atoms with Crippen LogP contribution in [0.25, 0.3) is 27.6 Å². The SMILES string of the molecule is CC.CC.CC.CC.CC.CC.O=c1c2cn[nH]c2nc2n1CCCC2.O=c1c2cncn2nc2n1CCCC2.O=c1c2ncncc2nc2n1CCCC2. The summed E-state index contributed by atoms with van der Waals surface area (Å²) in [6.07, 6.45) is 16.9. The van der Waals surface area contributed by atoms with Gasteiger partial charge in [0.2, 0.25) is 0 Å². The number of hydrogen-bond acceptors (Lipinski definition) is 10. The number of nitrogens with zero attached hydrogens (tertiary/aromatic N) is 11. The number of aromatic amines is 1. The third-order valence-electron chi connectivity index (χ3n) is 8.06. The van der Waals surface area contributed by atoms with E-state index in [1.807, 2.05) is 83.1 Å². The van der Waals surface area contributed by atoms with Crippen molar-refractivity contribution in [3.05, 3.63) is 79.8 Å². The molecule has 9 heterocycles. The standard InChI is InChI=1S/C10H10N4O.2C9H10N4O.6C2H6/c15-10-9-7(5-11-6-12-9)13-8-3-1-2-4-14(8)10;14-9-7-5-10-6-13(7)11-8-3-1-2-4-12(8)9;14-9-6-5-10-12-8(6)11-7-3-1-2-4-13(7)9;6*1-2/h5-6H,1-4H2;5-6H,1-4H2;5H,1-4H2,(H,10,12);6*1-2H3. The van der Waals surface area contributed by atoms with Gasteiger partial charge in [0.05, 0.1) is 18.6 Å². The van der Waals surface area contributed by atoms with Crippen LogP contribution in [-0.2, 0) is 38.9 Å². The van der Waals surface area contributed by atoms with Crippen LogP contribution in [0.15, 0.2) is 45.6 Å². The van der Waals surface area contributed by atoms with E-state index in [2.05, 4.69) is 40.2 Å². The van der Waals surface area contributed by atoms with Crippen molar-refractivity contribution in [2.45, 2.75) is 161 Å². The lowest BCUT2D eigenvalue weighted by Gasteiger charge is -2.16. The van der Waals surface area contributed by atoms with E-state index < -0.39 is 0 Å². The van der Waals surface area contributed by atoms with Gasteiger partial charge in [0, 0.05) is 38.9 Å². The van der Waals surface area contributed by atoms with Crippen molar-refractivity contribution in [3.63, 3.8) is 0 Å². The second kappa shape index (κ2) is 26.7. The Hall–Kier alpha value is -5.08. The molecule has 0 aromatic carbocycles. The average Bonchev–Trinajstić information content (AvgIpc) is 3.97. The molecule has 0 bridgehead atoms. The lowest BCUT2D eigenvalue weighted by Crippen LogP contribution is -2.30. The van der Waals surface area contributed by atoms with Crippen molar-refractivity contribution in [1.29, 1.82) is 0 Å². The van der Waals surface area contributed by atoms with Gasteiger partial charge < -0.3 is 0 Å². The summed E-state index contributed by atoms with van der Waals surface area (Å²) in [5.74, 6) is 2.64. The fourth-order valence-corrected chi connectivity index (χ4v) is 5.86. The molecule has 6 aromatic heterocycles. The van der Waals surface area contributed by atoms with Crippen molar-refractivity contribution in [3.8, 4) is 0 Å². The minimum atomic E-state index is -0.0305. The summed E-state index contributed by atoms with van der Waals surface area (Å²) in [6, 6.07) is 0. The Morgan fingerprint density at radius 1 is 0.564 bits per heavy atom. The Morgan fingerprint density at radius 3 is 1.69 bits per heavy atom. The predicted octanol–water partition coefficient (Wildman–Crippen LogP) is 7.36. The van der Waals surface area contributed by atoms with Crippen LogP contribution in [0.4, 0.5) is 0 Å². The molecule has 0 fully saturated rings. The maximum atomic E-state index is 12.0. The number of H-pyrrole nitrogens is 1. The van der Waals surface area contributed by atoms with Crippen LogP contribution in [-0.4, -0.2) is 58.4 Å². The highest BCUT2D eigenvalue weighted by molar-refractivity contribution is 5.72. The van der Waals surface area contributed by atoms with Gasteiger partial charge in [0.15, 0.2) is 11.2 Å². The van der Waals surface area contributed by atoms with Crippen LogP contribution in [0, 0.1) is 0 Å². The van der Waals surface area contributed by atoms with E-state index in [4.69, 9.17) is 0 Å². The molecule has 9 rings (SSSR count). The first kappa shape index (κ1) is 47.9. The zero-order valence-corrected chi connectivity index (χ0v) is 35.5. The van der Waals surface area contributed by atoms with Gasteiger partial charge in [-0.25, -0.2) is 29.4 Å². The summed E-state index contributed by atoms with van der Waals surface area (Å²) in [5, 5.41) is 11.5. The molecule has 15 nitrogen and oxygen atoms in total. The van der Waals surface area contributed by atoms with Crippen molar-refractivity contribution in [2.24, 2.45) is 0 Å². The molecule has 304 valence electrons. The van der Waals surface area contributed by atoms with E-state index in [0.29, 0.717) is 27.6 Å². The van der Waals surface area contributed by atoms with E-state index in [9.17, 15) is 14.4 Å². The molecule has 1 N–H and O–H groups in total. The normalized spacial score (nSPS) is 12.8.